The SMILES string of the molecule is C#CCn1c(C(F)(F)F)c(CC#N)c2ccccc21. The highest BCUT2D eigenvalue weighted by molar-refractivity contribution is 5.86. The van der Waals surface area contributed by atoms with E-state index in [0.29, 0.717) is 10.9 Å². The van der Waals surface area contributed by atoms with Gasteiger partial charge in [-0.1, -0.05) is 24.1 Å². The van der Waals surface area contributed by atoms with Gasteiger partial charge < -0.3 is 4.57 Å². The molecule has 2 aromatic rings. The minimum absolute atomic E-state index is 0.0131. The summed E-state index contributed by atoms with van der Waals surface area (Å²) in [6.45, 7) is -0.180. The maximum atomic E-state index is 13.2. The van der Waals surface area contributed by atoms with Gasteiger partial charge in [-0.3, -0.25) is 0 Å². The molecule has 1 aromatic heterocycles. The minimum Gasteiger partial charge on any atom is -0.325 e. The Bertz CT molecular complexity index is 643. The number of fused-ring (bicyclic) bond motifs is 1. The van der Waals surface area contributed by atoms with Crippen LogP contribution < -0.4 is 0 Å². The van der Waals surface area contributed by atoms with E-state index in [-0.39, 0.29) is 18.5 Å². The zero-order chi connectivity index (χ0) is 14.0. The molecule has 2 nitrogen and oxygen atoms in total. The van der Waals surface area contributed by atoms with Crippen LogP contribution in [-0.4, -0.2) is 4.57 Å². The van der Waals surface area contributed by atoms with Gasteiger partial charge in [0.2, 0.25) is 0 Å². The second-order valence-electron chi connectivity index (χ2n) is 3.97. The van der Waals surface area contributed by atoms with E-state index < -0.39 is 11.9 Å². The predicted molar refractivity (Wildman–Crippen MR) is 65.1 cm³/mol. The van der Waals surface area contributed by atoms with E-state index in [1.165, 1.54) is 0 Å². The normalized spacial score (nSPS) is 11.2. The Morgan fingerprint density at radius 1 is 1.26 bits per heavy atom. The summed E-state index contributed by atoms with van der Waals surface area (Å²) in [4.78, 5) is 0. The zero-order valence-corrected chi connectivity index (χ0v) is 9.83. The Kier molecular flexibility index (Phi) is 3.23. The summed E-state index contributed by atoms with van der Waals surface area (Å²) in [5.41, 5.74) is -0.438. The average molecular weight is 262 g/mol. The number of para-hydroxylation sites is 1. The molecule has 0 aliphatic rings. The molecule has 0 saturated heterocycles. The topological polar surface area (TPSA) is 28.7 Å². The molecule has 0 N–H and O–H groups in total. The molecule has 1 heterocycles. The molecule has 2 rings (SSSR count). The van der Waals surface area contributed by atoms with Crippen molar-refractivity contribution in [3.8, 4) is 18.4 Å². The van der Waals surface area contributed by atoms with E-state index in [0.717, 1.165) is 4.57 Å². The van der Waals surface area contributed by atoms with Crippen molar-refractivity contribution in [1.29, 1.82) is 5.26 Å². The Hall–Kier alpha value is -2.40. The molecule has 0 bridgehead atoms. The number of nitriles is 1. The third-order valence-corrected chi connectivity index (χ3v) is 2.85. The molecule has 0 aliphatic carbocycles. The van der Waals surface area contributed by atoms with Crippen LogP contribution in [0.2, 0.25) is 0 Å². The number of halogens is 3. The smallest absolute Gasteiger partial charge is 0.325 e. The van der Waals surface area contributed by atoms with Crippen LogP contribution in [0, 0.1) is 23.7 Å². The van der Waals surface area contributed by atoms with E-state index in [1.54, 1.807) is 30.3 Å². The maximum Gasteiger partial charge on any atom is 0.431 e. The van der Waals surface area contributed by atoms with Gasteiger partial charge in [-0.15, -0.1) is 6.42 Å². The lowest BCUT2D eigenvalue weighted by molar-refractivity contribution is -0.143. The third kappa shape index (κ3) is 2.15. The van der Waals surface area contributed by atoms with Crippen LogP contribution in [-0.2, 0) is 19.1 Å². The molecule has 19 heavy (non-hydrogen) atoms. The molecule has 0 radical (unpaired) electrons. The van der Waals surface area contributed by atoms with Gasteiger partial charge in [0.25, 0.3) is 0 Å². The number of rotatable bonds is 2. The molecule has 0 unspecified atom stereocenters. The Morgan fingerprint density at radius 3 is 2.53 bits per heavy atom. The number of nitrogens with zero attached hydrogens (tertiary/aromatic N) is 2. The summed E-state index contributed by atoms with van der Waals surface area (Å²) in [5.74, 6) is 2.22. The highest BCUT2D eigenvalue weighted by Crippen LogP contribution is 2.38. The first-order valence-electron chi connectivity index (χ1n) is 5.48. The lowest BCUT2D eigenvalue weighted by Gasteiger charge is -2.12. The number of hydrogen-bond acceptors (Lipinski definition) is 1. The highest BCUT2D eigenvalue weighted by atomic mass is 19.4. The molecule has 96 valence electrons. The van der Waals surface area contributed by atoms with Gasteiger partial charge in [0.1, 0.15) is 5.69 Å². The van der Waals surface area contributed by atoms with E-state index in [9.17, 15) is 13.2 Å². The van der Waals surface area contributed by atoms with Gasteiger partial charge >= 0.3 is 6.18 Å². The Labute approximate surface area is 108 Å². The molecular weight excluding hydrogens is 253 g/mol. The predicted octanol–water partition coefficient (Wildman–Crippen LogP) is 3.36. The largest absolute Gasteiger partial charge is 0.431 e. The number of terminal acetylenes is 1. The van der Waals surface area contributed by atoms with Crippen molar-refractivity contribution in [1.82, 2.24) is 4.57 Å². The third-order valence-electron chi connectivity index (χ3n) is 2.85. The van der Waals surface area contributed by atoms with E-state index in [4.69, 9.17) is 11.7 Å². The fraction of sp³-hybridized carbons (Fsp3) is 0.214. The standard InChI is InChI=1S/C14H9F3N2/c1-2-9-19-12-6-4-3-5-10(12)11(7-8-18)13(19)14(15,16)17/h1,3-6H,7,9H2. The minimum atomic E-state index is -4.54. The second-order valence-corrected chi connectivity index (χ2v) is 3.97. The van der Waals surface area contributed by atoms with Crippen LogP contribution in [0.25, 0.3) is 10.9 Å². The quantitative estimate of drug-likeness (QED) is 0.763. The van der Waals surface area contributed by atoms with Gasteiger partial charge in [-0.25, -0.2) is 0 Å². The van der Waals surface area contributed by atoms with Crippen LogP contribution in [0.15, 0.2) is 24.3 Å². The fourth-order valence-corrected chi connectivity index (χ4v) is 2.21. The molecule has 0 fully saturated rings. The zero-order valence-electron chi connectivity index (χ0n) is 9.83. The lowest BCUT2D eigenvalue weighted by Crippen LogP contribution is -2.15. The van der Waals surface area contributed by atoms with Crippen LogP contribution in [0.3, 0.4) is 0 Å². The first kappa shape index (κ1) is 13.0. The maximum absolute atomic E-state index is 13.2. The van der Waals surface area contributed by atoms with Crippen LogP contribution >= 0.6 is 0 Å². The molecule has 0 saturated carbocycles. The summed E-state index contributed by atoms with van der Waals surface area (Å²) in [7, 11) is 0. The van der Waals surface area contributed by atoms with Crippen LogP contribution in [0.1, 0.15) is 11.3 Å². The van der Waals surface area contributed by atoms with Crippen LogP contribution in [0.5, 0.6) is 0 Å². The highest BCUT2D eigenvalue weighted by Gasteiger charge is 2.38. The Morgan fingerprint density at radius 2 is 1.95 bits per heavy atom. The van der Waals surface area contributed by atoms with Crippen LogP contribution in [0.4, 0.5) is 13.2 Å². The summed E-state index contributed by atoms with van der Waals surface area (Å²) in [6, 6.07) is 8.21. The fourth-order valence-electron chi connectivity index (χ4n) is 2.21. The summed E-state index contributed by atoms with van der Waals surface area (Å²) >= 11 is 0. The van der Waals surface area contributed by atoms with Gasteiger partial charge in [-0.2, -0.15) is 18.4 Å². The van der Waals surface area contributed by atoms with Crippen molar-refractivity contribution in [2.24, 2.45) is 0 Å². The molecule has 1 aromatic carbocycles. The number of alkyl halides is 3. The number of benzene rings is 1. The first-order valence-corrected chi connectivity index (χ1v) is 5.48. The second kappa shape index (κ2) is 4.70. The van der Waals surface area contributed by atoms with Crippen molar-refractivity contribution in [3.63, 3.8) is 0 Å². The van der Waals surface area contributed by atoms with Crippen molar-refractivity contribution in [3.05, 3.63) is 35.5 Å². The van der Waals surface area contributed by atoms with Gasteiger partial charge in [-0.05, 0) is 6.07 Å². The summed E-state index contributed by atoms with van der Waals surface area (Å²) < 4.78 is 40.6. The lowest BCUT2D eigenvalue weighted by atomic mass is 10.1. The summed E-state index contributed by atoms with van der Waals surface area (Å²) in [5, 5.41) is 9.16. The molecule has 0 amide bonds. The number of aromatic nitrogens is 1. The number of hydrogen-bond donors (Lipinski definition) is 0. The molecule has 0 spiro atoms. The van der Waals surface area contributed by atoms with Gasteiger partial charge in [0.15, 0.2) is 0 Å². The van der Waals surface area contributed by atoms with E-state index in [1.807, 2.05) is 0 Å². The van der Waals surface area contributed by atoms with Crippen molar-refractivity contribution in [2.75, 3.05) is 0 Å². The van der Waals surface area contributed by atoms with Gasteiger partial charge in [0.05, 0.1) is 19.0 Å². The molecular formula is C14H9F3N2. The first-order chi connectivity index (χ1) is 9.00. The van der Waals surface area contributed by atoms with E-state index in [2.05, 4.69) is 5.92 Å². The average Bonchev–Trinajstić information content (AvgIpc) is 2.65. The van der Waals surface area contributed by atoms with E-state index >= 15 is 0 Å². The molecule has 0 atom stereocenters. The van der Waals surface area contributed by atoms with Crippen molar-refractivity contribution in [2.45, 2.75) is 19.1 Å². The van der Waals surface area contributed by atoms with Gasteiger partial charge in [0, 0.05) is 16.5 Å². The Balaban J connectivity index is 2.89. The molecule has 0 aliphatic heterocycles. The van der Waals surface area contributed by atoms with Crippen molar-refractivity contribution >= 4 is 10.9 Å². The molecule has 5 heteroatoms. The summed E-state index contributed by atoms with van der Waals surface area (Å²) in [6.07, 6.45) is 0.305. The van der Waals surface area contributed by atoms with Crippen molar-refractivity contribution < 1.29 is 13.2 Å². The monoisotopic (exact) mass is 262 g/mol.